The van der Waals surface area contributed by atoms with Crippen LogP contribution in [-0.2, 0) is 12.4 Å². The number of rotatable bonds is 4. The minimum atomic E-state index is -0.230. The maximum Gasteiger partial charge on any atom is 0.261 e. The quantitative estimate of drug-likeness (QED) is 0.490. The normalized spacial score (nSPS) is 13.2. The number of hydrogen-bond acceptors (Lipinski definition) is 2. The van der Waals surface area contributed by atoms with Gasteiger partial charge in [0.15, 0.2) is 0 Å². The number of carbonyl (C=O) groups is 2. The minimum Gasteiger partial charge on any atom is -0.270 e. The number of hydrogen-bond donors (Lipinski definition) is 0. The fourth-order valence-corrected chi connectivity index (χ4v) is 3.33. The highest BCUT2D eigenvalue weighted by atomic mass is 35.5. The van der Waals surface area contributed by atoms with Gasteiger partial charge in [-0.1, -0.05) is 60.7 Å². The molecule has 0 atom stereocenters. The molecule has 3 aromatic carbocycles. The van der Waals surface area contributed by atoms with E-state index in [9.17, 15) is 9.59 Å². The van der Waals surface area contributed by atoms with Gasteiger partial charge in [-0.05, 0) is 34.4 Å². The van der Waals surface area contributed by atoms with Gasteiger partial charge in [-0.3, -0.25) is 14.5 Å². The van der Waals surface area contributed by atoms with E-state index in [2.05, 4.69) is 0 Å². The van der Waals surface area contributed by atoms with E-state index in [0.29, 0.717) is 17.0 Å². The average Bonchev–Trinajstić information content (AvgIpc) is 2.94. The molecular weight excluding hydrogens is 346 g/mol. The zero-order valence-electron chi connectivity index (χ0n) is 14.0. The Balaban J connectivity index is 1.53. The number of halogens is 1. The summed E-state index contributed by atoms with van der Waals surface area (Å²) in [4.78, 5) is 26.2. The first-order chi connectivity index (χ1) is 12.7. The molecule has 0 bridgehead atoms. The Kier molecular flexibility index (Phi) is 4.31. The van der Waals surface area contributed by atoms with Crippen LogP contribution in [0, 0.1) is 0 Å². The molecule has 0 spiro atoms. The van der Waals surface area contributed by atoms with Crippen molar-refractivity contribution in [3.05, 3.63) is 95.1 Å². The average molecular weight is 362 g/mol. The molecule has 0 unspecified atom stereocenters. The summed E-state index contributed by atoms with van der Waals surface area (Å²) in [5.41, 5.74) is 5.14. The Hall–Kier alpha value is -2.91. The summed E-state index contributed by atoms with van der Waals surface area (Å²) in [6, 6.07) is 23.0. The van der Waals surface area contributed by atoms with Crippen LogP contribution in [0.2, 0.25) is 0 Å². The van der Waals surface area contributed by atoms with Gasteiger partial charge < -0.3 is 0 Å². The third-order valence-corrected chi connectivity index (χ3v) is 4.92. The minimum absolute atomic E-state index is 0.230. The van der Waals surface area contributed by atoms with E-state index in [1.54, 1.807) is 24.3 Å². The number of fused-ring (bicyclic) bond motifs is 1. The second-order valence-electron chi connectivity index (χ2n) is 6.27. The molecule has 0 saturated heterocycles. The zero-order chi connectivity index (χ0) is 18.1. The number of nitrogens with zero attached hydrogens (tertiary/aromatic N) is 1. The Bertz CT molecular complexity index is 943. The van der Waals surface area contributed by atoms with Crippen LogP contribution in [0.25, 0.3) is 11.1 Å². The summed E-state index contributed by atoms with van der Waals surface area (Å²) in [7, 11) is 0. The third-order valence-electron chi connectivity index (χ3n) is 4.61. The van der Waals surface area contributed by atoms with E-state index in [1.165, 1.54) is 4.90 Å². The van der Waals surface area contributed by atoms with Gasteiger partial charge >= 0.3 is 0 Å². The van der Waals surface area contributed by atoms with Crippen LogP contribution in [0.4, 0.5) is 0 Å². The van der Waals surface area contributed by atoms with Crippen molar-refractivity contribution in [2.75, 3.05) is 0 Å². The van der Waals surface area contributed by atoms with E-state index in [-0.39, 0.29) is 18.4 Å². The van der Waals surface area contributed by atoms with Crippen molar-refractivity contribution < 1.29 is 9.59 Å². The van der Waals surface area contributed by atoms with E-state index in [4.69, 9.17) is 11.6 Å². The van der Waals surface area contributed by atoms with Gasteiger partial charge in [-0.15, -0.1) is 11.6 Å². The van der Waals surface area contributed by atoms with Crippen molar-refractivity contribution in [1.29, 1.82) is 0 Å². The summed E-state index contributed by atoms with van der Waals surface area (Å²) >= 11 is 5.82. The number of alkyl halides is 1. The molecule has 0 fully saturated rings. The topological polar surface area (TPSA) is 37.4 Å². The molecule has 0 aromatic heterocycles. The number of benzene rings is 3. The lowest BCUT2D eigenvalue weighted by molar-refractivity contribution is 0.0642. The number of carbonyl (C=O) groups excluding carboxylic acids is 2. The molecule has 1 aliphatic heterocycles. The van der Waals surface area contributed by atoms with Crippen LogP contribution in [0.5, 0.6) is 0 Å². The van der Waals surface area contributed by atoms with Crippen LogP contribution >= 0.6 is 11.6 Å². The molecule has 0 radical (unpaired) electrons. The van der Waals surface area contributed by atoms with E-state index >= 15 is 0 Å². The molecule has 2 amide bonds. The predicted molar refractivity (Wildman–Crippen MR) is 102 cm³/mol. The van der Waals surface area contributed by atoms with Crippen LogP contribution in [-0.4, -0.2) is 16.7 Å². The van der Waals surface area contributed by atoms with Crippen LogP contribution < -0.4 is 0 Å². The van der Waals surface area contributed by atoms with Crippen molar-refractivity contribution in [1.82, 2.24) is 4.90 Å². The zero-order valence-corrected chi connectivity index (χ0v) is 14.7. The maximum atomic E-state index is 12.5. The SMILES string of the molecule is O=C1c2ccccc2C(=O)N1Cc1ccc(-c2ccc(CCl)cc2)cc1. The fourth-order valence-electron chi connectivity index (χ4n) is 3.15. The lowest BCUT2D eigenvalue weighted by Gasteiger charge is -2.14. The molecule has 26 heavy (non-hydrogen) atoms. The third kappa shape index (κ3) is 2.91. The highest BCUT2D eigenvalue weighted by Gasteiger charge is 2.34. The second-order valence-corrected chi connectivity index (χ2v) is 6.54. The number of amides is 2. The van der Waals surface area contributed by atoms with Gasteiger partial charge in [0, 0.05) is 5.88 Å². The van der Waals surface area contributed by atoms with Crippen LogP contribution in [0.3, 0.4) is 0 Å². The van der Waals surface area contributed by atoms with Gasteiger partial charge in [0.25, 0.3) is 11.8 Å². The van der Waals surface area contributed by atoms with Crippen LogP contribution in [0.1, 0.15) is 31.8 Å². The van der Waals surface area contributed by atoms with Crippen molar-refractivity contribution in [3.63, 3.8) is 0 Å². The summed E-state index contributed by atoms with van der Waals surface area (Å²) in [5.74, 6) is 0.0390. The molecule has 0 saturated carbocycles. The summed E-state index contributed by atoms with van der Waals surface area (Å²) in [5, 5.41) is 0. The first-order valence-corrected chi connectivity index (χ1v) is 8.90. The van der Waals surface area contributed by atoms with Gasteiger partial charge in [0.2, 0.25) is 0 Å². The molecule has 1 heterocycles. The molecule has 4 rings (SSSR count). The fraction of sp³-hybridized carbons (Fsp3) is 0.0909. The van der Waals surface area contributed by atoms with Gasteiger partial charge in [-0.2, -0.15) is 0 Å². The molecule has 0 aliphatic carbocycles. The molecule has 3 nitrogen and oxygen atoms in total. The van der Waals surface area contributed by atoms with Crippen LogP contribution in [0.15, 0.2) is 72.8 Å². The highest BCUT2D eigenvalue weighted by Crippen LogP contribution is 2.26. The Morgan fingerprint density at radius 2 is 1.12 bits per heavy atom. The van der Waals surface area contributed by atoms with E-state index in [1.807, 2.05) is 48.5 Å². The Morgan fingerprint density at radius 1 is 0.654 bits per heavy atom. The molecule has 1 aliphatic rings. The lowest BCUT2D eigenvalue weighted by atomic mass is 10.0. The Labute approximate surface area is 156 Å². The van der Waals surface area contributed by atoms with Gasteiger partial charge in [-0.25, -0.2) is 0 Å². The lowest BCUT2D eigenvalue weighted by Crippen LogP contribution is -2.29. The smallest absolute Gasteiger partial charge is 0.261 e. The number of imide groups is 1. The van der Waals surface area contributed by atoms with Gasteiger partial charge in [0.05, 0.1) is 17.7 Å². The summed E-state index contributed by atoms with van der Waals surface area (Å²) in [6.45, 7) is 0.276. The first-order valence-electron chi connectivity index (χ1n) is 8.37. The van der Waals surface area contributed by atoms with Crippen molar-refractivity contribution in [2.24, 2.45) is 0 Å². The molecule has 3 aromatic rings. The molecular formula is C22H16ClNO2. The monoisotopic (exact) mass is 361 g/mol. The molecule has 128 valence electrons. The van der Waals surface area contributed by atoms with Crippen molar-refractivity contribution >= 4 is 23.4 Å². The standard InChI is InChI=1S/C22H16ClNO2/c23-13-15-5-9-17(10-6-15)18-11-7-16(8-12-18)14-24-21(25)19-3-1-2-4-20(19)22(24)26/h1-12H,13-14H2. The predicted octanol–water partition coefficient (Wildman–Crippen LogP) is 4.89. The maximum absolute atomic E-state index is 12.5. The largest absolute Gasteiger partial charge is 0.270 e. The molecule has 4 heteroatoms. The van der Waals surface area contributed by atoms with E-state index in [0.717, 1.165) is 22.3 Å². The summed E-state index contributed by atoms with van der Waals surface area (Å²) in [6.07, 6.45) is 0. The summed E-state index contributed by atoms with van der Waals surface area (Å²) < 4.78 is 0. The van der Waals surface area contributed by atoms with Crippen molar-refractivity contribution in [3.8, 4) is 11.1 Å². The van der Waals surface area contributed by atoms with E-state index < -0.39 is 0 Å². The first kappa shape index (κ1) is 16.6. The Morgan fingerprint density at radius 3 is 1.58 bits per heavy atom. The second kappa shape index (κ2) is 6.77. The van der Waals surface area contributed by atoms with Gasteiger partial charge in [0.1, 0.15) is 0 Å². The highest BCUT2D eigenvalue weighted by molar-refractivity contribution is 6.21. The molecule has 0 N–H and O–H groups in total. The van der Waals surface area contributed by atoms with Crippen molar-refractivity contribution in [2.45, 2.75) is 12.4 Å².